The molecule has 1 fully saturated rings. The Bertz CT molecular complexity index is 1110. The minimum Gasteiger partial charge on any atom is -0.471 e. The Morgan fingerprint density at radius 2 is 1.54 bits per heavy atom. The number of aryl methyl sites for hydroxylation is 2. The van der Waals surface area contributed by atoms with E-state index in [4.69, 9.17) is 4.42 Å². The Labute approximate surface area is 216 Å². The van der Waals surface area contributed by atoms with Crippen LogP contribution < -0.4 is 5.38 Å². The van der Waals surface area contributed by atoms with Gasteiger partial charge in [0.1, 0.15) is 13.8 Å². The van der Waals surface area contributed by atoms with Gasteiger partial charge in [-0.25, -0.2) is 8.42 Å². The Hall–Kier alpha value is -1.38. The number of allylic oxidation sites excluding steroid dienone is 1. The Kier molecular flexibility index (Phi) is 9.14. The van der Waals surface area contributed by atoms with Gasteiger partial charge < -0.3 is 4.42 Å². The lowest BCUT2D eigenvalue weighted by Crippen LogP contribution is -2.36. The summed E-state index contributed by atoms with van der Waals surface area (Å²) in [6.07, 6.45) is 8.03. The molecular weight excluding hydrogens is 485 g/mol. The number of furan rings is 1. The van der Waals surface area contributed by atoms with Crippen LogP contribution in [0.1, 0.15) is 56.3 Å². The molecule has 1 aliphatic carbocycles. The van der Waals surface area contributed by atoms with E-state index in [1.165, 1.54) is 30.4 Å². The molecule has 1 saturated carbocycles. The van der Waals surface area contributed by atoms with Crippen LogP contribution in [-0.2, 0) is 16.3 Å². The molecule has 1 aromatic heterocycles. The lowest BCUT2D eigenvalue weighted by Gasteiger charge is -2.30. The van der Waals surface area contributed by atoms with Crippen molar-refractivity contribution < 1.29 is 12.8 Å². The predicted octanol–water partition coefficient (Wildman–Crippen LogP) is 7.90. The van der Waals surface area contributed by atoms with E-state index in [0.717, 1.165) is 48.4 Å². The molecule has 0 radical (unpaired) electrons. The third-order valence-corrected chi connectivity index (χ3v) is 12.4. The highest BCUT2D eigenvalue weighted by Crippen LogP contribution is 2.37. The molecule has 0 amide bonds. The van der Waals surface area contributed by atoms with Crippen LogP contribution in [0, 0.1) is 6.92 Å². The first kappa shape index (κ1) is 28.2. The molecular formula is C29H46O3SSi2. The molecule has 1 aliphatic rings. The summed E-state index contributed by atoms with van der Waals surface area (Å²) in [4.78, 5) is 0.469. The second-order valence-corrected chi connectivity index (χ2v) is 25.3. The van der Waals surface area contributed by atoms with Gasteiger partial charge in [0.25, 0.3) is 0 Å². The van der Waals surface area contributed by atoms with Gasteiger partial charge in [0, 0.05) is 14.5 Å². The van der Waals surface area contributed by atoms with Crippen molar-refractivity contribution in [3.05, 3.63) is 58.9 Å². The van der Waals surface area contributed by atoms with Crippen LogP contribution >= 0.6 is 0 Å². The van der Waals surface area contributed by atoms with Crippen molar-refractivity contribution in [2.45, 2.75) is 114 Å². The molecule has 6 heteroatoms. The van der Waals surface area contributed by atoms with E-state index in [2.05, 4.69) is 51.4 Å². The molecule has 1 atom stereocenters. The van der Waals surface area contributed by atoms with Crippen LogP contribution in [0.2, 0.25) is 45.3 Å². The maximum absolute atomic E-state index is 14.2. The highest BCUT2D eigenvalue weighted by atomic mass is 32.2. The highest BCUT2D eigenvalue weighted by molar-refractivity contribution is 7.92. The van der Waals surface area contributed by atoms with Gasteiger partial charge in [0.05, 0.1) is 15.5 Å². The molecule has 1 aromatic carbocycles. The summed E-state index contributed by atoms with van der Waals surface area (Å²) >= 11 is 0. The summed E-state index contributed by atoms with van der Waals surface area (Å²) in [6, 6.07) is 12.7. The zero-order valence-electron chi connectivity index (χ0n) is 23.0. The topological polar surface area (TPSA) is 47.3 Å². The quantitative estimate of drug-likeness (QED) is 0.232. The van der Waals surface area contributed by atoms with Crippen molar-refractivity contribution in [1.29, 1.82) is 0 Å². The van der Waals surface area contributed by atoms with Crippen LogP contribution in [-0.4, -0.2) is 29.8 Å². The molecule has 0 saturated heterocycles. The second kappa shape index (κ2) is 11.3. The zero-order chi connectivity index (χ0) is 25.9. The zero-order valence-corrected chi connectivity index (χ0v) is 25.9. The number of rotatable bonds is 10. The van der Waals surface area contributed by atoms with Crippen LogP contribution in [0.5, 0.6) is 0 Å². The first-order valence-corrected chi connectivity index (χ1v) is 22.1. The summed E-state index contributed by atoms with van der Waals surface area (Å²) in [5.41, 5.74) is 3.79. The Morgan fingerprint density at radius 3 is 2.09 bits per heavy atom. The van der Waals surface area contributed by atoms with E-state index in [1.807, 2.05) is 31.2 Å². The largest absolute Gasteiger partial charge is 0.471 e. The predicted molar refractivity (Wildman–Crippen MR) is 155 cm³/mol. The Morgan fingerprint density at radius 1 is 0.914 bits per heavy atom. The second-order valence-electron chi connectivity index (χ2n) is 12.7. The highest BCUT2D eigenvalue weighted by Gasteiger charge is 2.35. The summed E-state index contributed by atoms with van der Waals surface area (Å²) < 4.78 is 34.5. The minimum absolute atomic E-state index is 0.434. The van der Waals surface area contributed by atoms with E-state index in [9.17, 15) is 8.42 Å². The van der Waals surface area contributed by atoms with E-state index in [0.29, 0.717) is 11.3 Å². The maximum atomic E-state index is 14.2. The van der Waals surface area contributed by atoms with Crippen molar-refractivity contribution in [3.8, 4) is 0 Å². The van der Waals surface area contributed by atoms with Gasteiger partial charge >= 0.3 is 0 Å². The number of hydrogen-bond donors (Lipinski definition) is 0. The number of hydrogen-bond acceptors (Lipinski definition) is 3. The molecule has 194 valence electrons. The van der Waals surface area contributed by atoms with Crippen LogP contribution in [0.4, 0.5) is 0 Å². The van der Waals surface area contributed by atoms with Gasteiger partial charge in [-0.1, -0.05) is 74.5 Å². The fourth-order valence-electron chi connectivity index (χ4n) is 5.12. The van der Waals surface area contributed by atoms with Crippen molar-refractivity contribution in [1.82, 2.24) is 0 Å². The van der Waals surface area contributed by atoms with E-state index >= 15 is 0 Å². The molecule has 0 N–H and O–H groups in total. The fourth-order valence-corrected chi connectivity index (χ4v) is 9.88. The SMILES string of the molecule is Cc1ccc(S(=O)(=O)C(CCCc2ccc([Si](C)(C)C)o2)C(C[Si](C)(C)C)=C2CCCCC2)cc1. The smallest absolute Gasteiger partial charge is 0.185 e. The number of benzene rings is 1. The molecule has 2 aromatic rings. The molecule has 35 heavy (non-hydrogen) atoms. The van der Waals surface area contributed by atoms with Gasteiger partial charge in [-0.2, -0.15) is 0 Å². The van der Waals surface area contributed by atoms with Crippen molar-refractivity contribution in [2.75, 3.05) is 0 Å². The Balaban J connectivity index is 1.95. The molecule has 0 aliphatic heterocycles. The van der Waals surface area contributed by atoms with E-state index in [1.54, 1.807) is 0 Å². The van der Waals surface area contributed by atoms with Crippen LogP contribution in [0.3, 0.4) is 0 Å². The third-order valence-electron chi connectivity index (χ3n) is 7.04. The van der Waals surface area contributed by atoms with Crippen molar-refractivity contribution in [2.24, 2.45) is 0 Å². The van der Waals surface area contributed by atoms with Gasteiger partial charge in [0.2, 0.25) is 0 Å². The molecule has 0 spiro atoms. The van der Waals surface area contributed by atoms with Gasteiger partial charge in [-0.3, -0.25) is 0 Å². The summed E-state index contributed by atoms with van der Waals surface area (Å²) in [6.45, 7) is 16.0. The normalized spacial score (nSPS) is 16.4. The average Bonchev–Trinajstić information content (AvgIpc) is 3.25. The van der Waals surface area contributed by atoms with E-state index in [-0.39, 0.29) is 0 Å². The molecule has 3 rings (SSSR count). The van der Waals surface area contributed by atoms with Gasteiger partial charge in [-0.05, 0) is 75.8 Å². The third kappa shape index (κ3) is 7.80. The lowest BCUT2D eigenvalue weighted by molar-refractivity contribution is 0.515. The van der Waals surface area contributed by atoms with Crippen LogP contribution in [0.15, 0.2) is 56.9 Å². The van der Waals surface area contributed by atoms with Gasteiger partial charge in [-0.15, -0.1) is 0 Å². The molecule has 1 heterocycles. The molecule has 0 bridgehead atoms. The van der Waals surface area contributed by atoms with E-state index < -0.39 is 31.2 Å². The van der Waals surface area contributed by atoms with Crippen molar-refractivity contribution >= 4 is 31.4 Å². The summed E-state index contributed by atoms with van der Waals surface area (Å²) in [5.74, 6) is 0.992. The fraction of sp³-hybridized carbons (Fsp3) is 0.586. The molecule has 3 nitrogen and oxygen atoms in total. The average molecular weight is 531 g/mol. The summed E-state index contributed by atoms with van der Waals surface area (Å²) in [5, 5.41) is 0.691. The standard InChI is InChI=1S/C29H46O3SSi2/c1-23-16-19-26(20-17-23)33(30,31)28(15-11-14-25-18-21-29(32-25)35(5,6)7)27(22-34(2,3)4)24-12-9-8-10-13-24/h16-21,28H,8-15,22H2,1-7H3. The van der Waals surface area contributed by atoms with Gasteiger partial charge in [0.15, 0.2) is 9.84 Å². The molecule has 1 unspecified atom stereocenters. The number of sulfone groups is 1. The maximum Gasteiger partial charge on any atom is 0.185 e. The first-order valence-electron chi connectivity index (χ1n) is 13.4. The van der Waals surface area contributed by atoms with Crippen LogP contribution in [0.25, 0.3) is 0 Å². The monoisotopic (exact) mass is 530 g/mol. The van der Waals surface area contributed by atoms with Crippen molar-refractivity contribution in [3.63, 3.8) is 0 Å². The minimum atomic E-state index is -3.47. The lowest BCUT2D eigenvalue weighted by atomic mass is 9.89. The first-order chi connectivity index (χ1) is 16.3. The summed E-state index contributed by atoms with van der Waals surface area (Å²) in [7, 11) is -6.47.